The molecular weight excluding hydrogens is 316 g/mol. The highest BCUT2D eigenvalue weighted by Crippen LogP contribution is 2.16. The molecule has 0 amide bonds. The summed E-state index contributed by atoms with van der Waals surface area (Å²) < 4.78 is 48.0. The summed E-state index contributed by atoms with van der Waals surface area (Å²) in [5.41, 5.74) is 0.925. The third-order valence-electron chi connectivity index (χ3n) is 2.47. The molecule has 0 radical (unpaired) electrons. The van der Waals surface area contributed by atoms with Crippen molar-refractivity contribution in [2.45, 2.75) is 11.8 Å². The van der Waals surface area contributed by atoms with Crippen molar-refractivity contribution in [1.82, 2.24) is 4.72 Å². The van der Waals surface area contributed by atoms with Gasteiger partial charge in [0.2, 0.25) is 20.0 Å². The topological polar surface area (TPSA) is 127 Å². The number of hydrogen-bond acceptors (Lipinski definition) is 5. The van der Waals surface area contributed by atoms with E-state index in [9.17, 15) is 16.8 Å². The van der Waals surface area contributed by atoms with Gasteiger partial charge in [-0.3, -0.25) is 0 Å². The maximum Gasteiger partial charge on any atom is 0.240 e. The number of primary sulfonamides is 1. The molecule has 0 saturated heterocycles. The van der Waals surface area contributed by atoms with Crippen molar-refractivity contribution in [3.05, 3.63) is 29.3 Å². The molecule has 4 N–H and O–H groups in total. The molecule has 1 aromatic rings. The average Bonchev–Trinajstić information content (AvgIpc) is 2.35. The molecule has 0 aliphatic rings. The van der Waals surface area contributed by atoms with Crippen LogP contribution >= 0.6 is 0 Å². The van der Waals surface area contributed by atoms with Gasteiger partial charge in [0.1, 0.15) is 6.61 Å². The van der Waals surface area contributed by atoms with E-state index >= 15 is 0 Å². The van der Waals surface area contributed by atoms with Crippen LogP contribution in [0.1, 0.15) is 11.1 Å². The molecule has 0 bridgehead atoms. The van der Waals surface area contributed by atoms with Crippen molar-refractivity contribution in [3.8, 4) is 11.8 Å². The molecular formula is C12H16N2O5S2. The van der Waals surface area contributed by atoms with Crippen molar-refractivity contribution in [3.63, 3.8) is 0 Å². The minimum absolute atomic E-state index is 0.00154. The zero-order valence-corrected chi connectivity index (χ0v) is 13.0. The fraction of sp³-hybridized carbons (Fsp3) is 0.333. The van der Waals surface area contributed by atoms with Crippen molar-refractivity contribution < 1.29 is 21.9 Å². The summed E-state index contributed by atoms with van der Waals surface area (Å²) in [7, 11) is -7.60. The van der Waals surface area contributed by atoms with E-state index in [0.717, 1.165) is 0 Å². The van der Waals surface area contributed by atoms with Crippen molar-refractivity contribution in [2.24, 2.45) is 5.14 Å². The van der Waals surface area contributed by atoms with Crippen LogP contribution in [0.4, 0.5) is 0 Å². The van der Waals surface area contributed by atoms with Crippen LogP contribution in [0.25, 0.3) is 0 Å². The van der Waals surface area contributed by atoms with Gasteiger partial charge in [-0.25, -0.2) is 26.7 Å². The highest BCUT2D eigenvalue weighted by Gasteiger charge is 2.17. The predicted octanol–water partition coefficient (Wildman–Crippen LogP) is -1.09. The molecule has 1 rings (SSSR count). The number of benzene rings is 1. The quantitative estimate of drug-likeness (QED) is 0.590. The van der Waals surface area contributed by atoms with E-state index in [1.807, 2.05) is 0 Å². The van der Waals surface area contributed by atoms with E-state index in [0.29, 0.717) is 11.1 Å². The number of hydrogen-bond donors (Lipinski definition) is 3. The Morgan fingerprint density at radius 1 is 1.29 bits per heavy atom. The lowest BCUT2D eigenvalue weighted by Gasteiger charge is -2.09. The van der Waals surface area contributed by atoms with Crippen LogP contribution in [0.2, 0.25) is 0 Å². The standard InChI is InChI=1S/C12H16N2O5S2/c1-10-4-5-11(3-2-7-15)9-12(10)21(18,19)14-6-8-20(13,16)17/h4-5,9,14-15H,6-8H2,1H3,(H2,13,16,17). The molecule has 0 spiro atoms. The number of nitrogens with two attached hydrogens (primary N) is 1. The summed E-state index contributed by atoms with van der Waals surface area (Å²) in [5, 5.41) is 13.4. The predicted molar refractivity (Wildman–Crippen MR) is 78.3 cm³/mol. The van der Waals surface area contributed by atoms with E-state index < -0.39 is 25.8 Å². The fourth-order valence-corrected chi connectivity index (χ4v) is 3.32. The van der Waals surface area contributed by atoms with Crippen LogP contribution < -0.4 is 9.86 Å². The first kappa shape index (κ1) is 17.6. The first-order valence-corrected chi connectivity index (χ1v) is 9.06. The van der Waals surface area contributed by atoms with E-state index in [4.69, 9.17) is 10.2 Å². The first-order valence-electron chi connectivity index (χ1n) is 5.86. The minimum atomic E-state index is -3.86. The van der Waals surface area contributed by atoms with Crippen molar-refractivity contribution >= 4 is 20.0 Å². The molecule has 0 unspecified atom stereocenters. The second kappa shape index (κ2) is 7.02. The Morgan fingerprint density at radius 2 is 1.95 bits per heavy atom. The molecule has 0 saturated carbocycles. The zero-order chi connectivity index (χ0) is 16.1. The molecule has 0 aliphatic carbocycles. The maximum absolute atomic E-state index is 12.1. The van der Waals surface area contributed by atoms with Crippen LogP contribution in [0.15, 0.2) is 23.1 Å². The SMILES string of the molecule is Cc1ccc(C#CCO)cc1S(=O)(=O)NCCS(N)(=O)=O. The van der Waals surface area contributed by atoms with Gasteiger partial charge in [-0.05, 0) is 24.6 Å². The Balaban J connectivity index is 3.02. The molecule has 0 aliphatic heterocycles. The number of sulfonamides is 2. The van der Waals surface area contributed by atoms with Crippen molar-refractivity contribution in [2.75, 3.05) is 18.9 Å². The number of aliphatic hydroxyl groups is 1. The fourth-order valence-electron chi connectivity index (χ4n) is 1.50. The second-order valence-electron chi connectivity index (χ2n) is 4.20. The Bertz CT molecular complexity index is 774. The lowest BCUT2D eigenvalue weighted by atomic mass is 10.1. The molecule has 1 aromatic carbocycles. The first-order chi connectivity index (χ1) is 9.65. The Morgan fingerprint density at radius 3 is 2.52 bits per heavy atom. The molecule has 7 nitrogen and oxygen atoms in total. The normalized spacial score (nSPS) is 11.8. The summed E-state index contributed by atoms with van der Waals surface area (Å²) in [6.45, 7) is 0.965. The Labute approximate surface area is 124 Å². The highest BCUT2D eigenvalue weighted by molar-refractivity contribution is 7.90. The maximum atomic E-state index is 12.1. The molecule has 0 aromatic heterocycles. The Kier molecular flexibility index (Phi) is 5.88. The third-order valence-corrected chi connectivity index (χ3v) is 4.84. The van der Waals surface area contributed by atoms with Gasteiger partial charge in [0.15, 0.2) is 0 Å². The molecule has 0 atom stereocenters. The number of aryl methyl sites for hydroxylation is 1. The molecule has 0 fully saturated rings. The molecule has 9 heteroatoms. The van der Waals surface area contributed by atoms with Gasteiger partial charge in [0.25, 0.3) is 0 Å². The summed E-state index contributed by atoms with van der Waals surface area (Å²) in [6, 6.07) is 4.56. The van der Waals surface area contributed by atoms with Gasteiger partial charge in [-0.1, -0.05) is 17.9 Å². The zero-order valence-electron chi connectivity index (χ0n) is 11.3. The number of aliphatic hydroxyl groups excluding tert-OH is 1. The van der Waals surface area contributed by atoms with E-state index in [-0.39, 0.29) is 18.0 Å². The smallest absolute Gasteiger partial charge is 0.240 e. The minimum Gasteiger partial charge on any atom is -0.384 e. The van der Waals surface area contributed by atoms with Crippen LogP contribution in [0.5, 0.6) is 0 Å². The summed E-state index contributed by atoms with van der Waals surface area (Å²) in [5.74, 6) is 4.54. The summed E-state index contributed by atoms with van der Waals surface area (Å²) >= 11 is 0. The van der Waals surface area contributed by atoms with Crippen LogP contribution in [-0.4, -0.2) is 40.8 Å². The summed E-state index contributed by atoms with van der Waals surface area (Å²) in [6.07, 6.45) is 0. The van der Waals surface area contributed by atoms with Gasteiger partial charge < -0.3 is 5.11 Å². The van der Waals surface area contributed by atoms with E-state index in [1.54, 1.807) is 19.1 Å². The molecule has 116 valence electrons. The third kappa shape index (κ3) is 5.82. The largest absolute Gasteiger partial charge is 0.384 e. The average molecular weight is 332 g/mol. The van der Waals surface area contributed by atoms with E-state index in [1.165, 1.54) is 6.07 Å². The molecule has 0 heterocycles. The van der Waals surface area contributed by atoms with E-state index in [2.05, 4.69) is 16.6 Å². The van der Waals surface area contributed by atoms with Crippen molar-refractivity contribution in [1.29, 1.82) is 0 Å². The van der Waals surface area contributed by atoms with Crippen LogP contribution in [0, 0.1) is 18.8 Å². The highest BCUT2D eigenvalue weighted by atomic mass is 32.2. The molecule has 21 heavy (non-hydrogen) atoms. The van der Waals surface area contributed by atoms with Gasteiger partial charge >= 0.3 is 0 Å². The number of rotatable bonds is 5. The van der Waals surface area contributed by atoms with Crippen LogP contribution in [-0.2, 0) is 20.0 Å². The second-order valence-corrected chi connectivity index (χ2v) is 7.67. The van der Waals surface area contributed by atoms with Gasteiger partial charge in [0, 0.05) is 12.1 Å². The summed E-state index contributed by atoms with van der Waals surface area (Å²) in [4.78, 5) is 0.00154. The lowest BCUT2D eigenvalue weighted by Crippen LogP contribution is -2.31. The van der Waals surface area contributed by atoms with Gasteiger partial charge in [0.05, 0.1) is 10.6 Å². The van der Waals surface area contributed by atoms with Gasteiger partial charge in [-0.15, -0.1) is 0 Å². The monoisotopic (exact) mass is 332 g/mol. The lowest BCUT2D eigenvalue weighted by molar-refractivity contribution is 0.350. The van der Waals surface area contributed by atoms with Gasteiger partial charge in [-0.2, -0.15) is 0 Å². The number of nitrogens with one attached hydrogen (secondary N) is 1. The Hall–Kier alpha value is -1.44. The van der Waals surface area contributed by atoms with Crippen LogP contribution in [0.3, 0.4) is 0 Å².